The van der Waals surface area contributed by atoms with Gasteiger partial charge >= 0.3 is 12.0 Å². The quantitative estimate of drug-likeness (QED) is 0.717. The Kier molecular flexibility index (Phi) is 7.25. The molecular formula is C13H24N2O4. The van der Waals surface area contributed by atoms with E-state index in [4.69, 9.17) is 9.84 Å². The number of carboxylic acid groups (broad SMARTS) is 1. The minimum Gasteiger partial charge on any atom is -0.481 e. The Morgan fingerprint density at radius 1 is 1.42 bits per heavy atom. The lowest BCUT2D eigenvalue weighted by atomic mass is 10.2. The van der Waals surface area contributed by atoms with Crippen molar-refractivity contribution in [3.8, 4) is 0 Å². The van der Waals surface area contributed by atoms with E-state index in [1.807, 2.05) is 0 Å². The number of unbranched alkanes of at least 4 members (excludes halogenated alkanes) is 1. The van der Waals surface area contributed by atoms with Gasteiger partial charge in [0.15, 0.2) is 0 Å². The average molecular weight is 272 g/mol. The fraction of sp³-hybridized carbons (Fsp3) is 0.846. The molecular weight excluding hydrogens is 248 g/mol. The van der Waals surface area contributed by atoms with Gasteiger partial charge in [-0.3, -0.25) is 4.79 Å². The third-order valence-electron chi connectivity index (χ3n) is 3.19. The maximum Gasteiger partial charge on any atom is 0.317 e. The predicted octanol–water partition coefficient (Wildman–Crippen LogP) is 1.45. The second-order valence-electron chi connectivity index (χ2n) is 4.78. The normalized spacial score (nSPS) is 19.8. The van der Waals surface area contributed by atoms with E-state index < -0.39 is 5.97 Å². The summed E-state index contributed by atoms with van der Waals surface area (Å²) in [7, 11) is 0. The van der Waals surface area contributed by atoms with E-state index >= 15 is 0 Å². The minimum absolute atomic E-state index is 0.0701. The first-order chi connectivity index (χ1) is 9.13. The Hall–Kier alpha value is -1.30. The third-order valence-corrected chi connectivity index (χ3v) is 3.19. The Morgan fingerprint density at radius 2 is 2.21 bits per heavy atom. The standard InChI is InChI=1S/C13H24N2O4/c1-2-11-10-15(8-5-9-19-11)13(18)14-7-4-3-6-12(16)17/h11H,2-10H2,1H3,(H,14,18)(H,16,17). The molecule has 2 amide bonds. The number of urea groups is 1. The molecule has 1 aliphatic heterocycles. The molecule has 1 saturated heterocycles. The van der Waals surface area contributed by atoms with Crippen LogP contribution in [0, 0.1) is 0 Å². The van der Waals surface area contributed by atoms with Crippen molar-refractivity contribution in [2.75, 3.05) is 26.2 Å². The van der Waals surface area contributed by atoms with Gasteiger partial charge in [-0.25, -0.2) is 4.79 Å². The van der Waals surface area contributed by atoms with Gasteiger partial charge in [0, 0.05) is 32.7 Å². The molecule has 1 fully saturated rings. The lowest BCUT2D eigenvalue weighted by Gasteiger charge is -2.23. The fourth-order valence-corrected chi connectivity index (χ4v) is 2.03. The second kappa shape index (κ2) is 8.74. The average Bonchev–Trinajstić information content (AvgIpc) is 2.63. The summed E-state index contributed by atoms with van der Waals surface area (Å²) in [6.45, 7) is 4.65. The van der Waals surface area contributed by atoms with E-state index in [1.54, 1.807) is 4.90 Å². The van der Waals surface area contributed by atoms with Gasteiger partial charge < -0.3 is 20.1 Å². The molecule has 1 heterocycles. The Labute approximate surface area is 114 Å². The van der Waals surface area contributed by atoms with E-state index in [0.29, 0.717) is 32.5 Å². The summed E-state index contributed by atoms with van der Waals surface area (Å²) in [5.74, 6) is -0.790. The van der Waals surface area contributed by atoms with Gasteiger partial charge in [-0.05, 0) is 25.7 Å². The highest BCUT2D eigenvalue weighted by atomic mass is 16.5. The molecule has 110 valence electrons. The fourth-order valence-electron chi connectivity index (χ4n) is 2.03. The van der Waals surface area contributed by atoms with Crippen LogP contribution >= 0.6 is 0 Å². The zero-order chi connectivity index (χ0) is 14.1. The lowest BCUT2D eigenvalue weighted by molar-refractivity contribution is -0.137. The number of aliphatic carboxylic acids is 1. The summed E-state index contributed by atoms with van der Waals surface area (Å²) in [6, 6.07) is -0.0701. The molecule has 0 aromatic rings. The number of carbonyl (C=O) groups excluding carboxylic acids is 1. The summed E-state index contributed by atoms with van der Waals surface area (Å²) in [5.41, 5.74) is 0. The van der Waals surface area contributed by atoms with Crippen LogP contribution < -0.4 is 5.32 Å². The molecule has 1 rings (SSSR count). The molecule has 6 nitrogen and oxygen atoms in total. The lowest BCUT2D eigenvalue weighted by Crippen LogP contribution is -2.43. The van der Waals surface area contributed by atoms with Gasteiger partial charge in [0.1, 0.15) is 0 Å². The van der Waals surface area contributed by atoms with Crippen molar-refractivity contribution in [1.82, 2.24) is 10.2 Å². The summed E-state index contributed by atoms with van der Waals surface area (Å²) in [6.07, 6.45) is 3.34. The summed E-state index contributed by atoms with van der Waals surface area (Å²) < 4.78 is 5.61. The zero-order valence-corrected chi connectivity index (χ0v) is 11.6. The van der Waals surface area contributed by atoms with Crippen LogP contribution in [0.2, 0.25) is 0 Å². The van der Waals surface area contributed by atoms with Crippen LogP contribution in [-0.4, -0.2) is 54.4 Å². The SMILES string of the molecule is CCC1CN(C(=O)NCCCCC(=O)O)CCCO1. The Balaban J connectivity index is 2.21. The maximum absolute atomic E-state index is 12.0. The predicted molar refractivity (Wildman–Crippen MR) is 71.1 cm³/mol. The first-order valence-corrected chi connectivity index (χ1v) is 6.99. The Bertz CT molecular complexity index is 296. The van der Waals surface area contributed by atoms with Crippen LogP contribution in [-0.2, 0) is 9.53 Å². The van der Waals surface area contributed by atoms with Gasteiger partial charge in [-0.15, -0.1) is 0 Å². The molecule has 19 heavy (non-hydrogen) atoms. The highest BCUT2D eigenvalue weighted by molar-refractivity contribution is 5.74. The molecule has 0 aromatic heterocycles. The molecule has 6 heteroatoms. The summed E-state index contributed by atoms with van der Waals surface area (Å²) in [4.78, 5) is 24.1. The maximum atomic E-state index is 12.0. The van der Waals surface area contributed by atoms with Crippen LogP contribution in [0.1, 0.15) is 39.0 Å². The smallest absolute Gasteiger partial charge is 0.317 e. The number of rotatable bonds is 6. The topological polar surface area (TPSA) is 78.9 Å². The van der Waals surface area contributed by atoms with Crippen LogP contribution in [0.4, 0.5) is 4.79 Å². The van der Waals surface area contributed by atoms with E-state index in [0.717, 1.165) is 19.4 Å². The van der Waals surface area contributed by atoms with Crippen molar-refractivity contribution in [1.29, 1.82) is 0 Å². The number of carbonyl (C=O) groups is 2. The highest BCUT2D eigenvalue weighted by Crippen LogP contribution is 2.08. The summed E-state index contributed by atoms with van der Waals surface area (Å²) in [5, 5.41) is 11.3. The second-order valence-corrected chi connectivity index (χ2v) is 4.78. The largest absolute Gasteiger partial charge is 0.481 e. The molecule has 0 radical (unpaired) electrons. The van der Waals surface area contributed by atoms with E-state index in [-0.39, 0.29) is 18.6 Å². The number of hydrogen-bond donors (Lipinski definition) is 2. The van der Waals surface area contributed by atoms with E-state index in [2.05, 4.69) is 12.2 Å². The zero-order valence-electron chi connectivity index (χ0n) is 11.6. The number of nitrogens with zero attached hydrogens (tertiary/aromatic N) is 1. The molecule has 0 aliphatic carbocycles. The van der Waals surface area contributed by atoms with Crippen molar-refractivity contribution < 1.29 is 19.4 Å². The van der Waals surface area contributed by atoms with Gasteiger partial charge in [0.05, 0.1) is 6.10 Å². The number of amides is 2. The number of ether oxygens (including phenoxy) is 1. The number of nitrogens with one attached hydrogen (secondary N) is 1. The first-order valence-electron chi connectivity index (χ1n) is 6.99. The van der Waals surface area contributed by atoms with Crippen molar-refractivity contribution in [3.63, 3.8) is 0 Å². The molecule has 0 aromatic carbocycles. The van der Waals surface area contributed by atoms with Crippen LogP contribution in [0.5, 0.6) is 0 Å². The Morgan fingerprint density at radius 3 is 2.89 bits per heavy atom. The van der Waals surface area contributed by atoms with E-state index in [1.165, 1.54) is 0 Å². The molecule has 2 N–H and O–H groups in total. The van der Waals surface area contributed by atoms with Crippen LogP contribution in [0.3, 0.4) is 0 Å². The first kappa shape index (κ1) is 15.8. The van der Waals surface area contributed by atoms with E-state index in [9.17, 15) is 9.59 Å². The van der Waals surface area contributed by atoms with Crippen molar-refractivity contribution in [2.24, 2.45) is 0 Å². The van der Waals surface area contributed by atoms with Gasteiger partial charge in [0.2, 0.25) is 0 Å². The summed E-state index contributed by atoms with van der Waals surface area (Å²) >= 11 is 0. The van der Waals surface area contributed by atoms with Crippen molar-refractivity contribution in [2.45, 2.75) is 45.1 Å². The van der Waals surface area contributed by atoms with Gasteiger partial charge in [-0.2, -0.15) is 0 Å². The molecule has 0 spiro atoms. The third kappa shape index (κ3) is 6.42. The molecule has 0 saturated carbocycles. The monoisotopic (exact) mass is 272 g/mol. The molecule has 0 bridgehead atoms. The van der Waals surface area contributed by atoms with Gasteiger partial charge in [0.25, 0.3) is 0 Å². The number of hydrogen-bond acceptors (Lipinski definition) is 3. The van der Waals surface area contributed by atoms with Crippen LogP contribution in [0.15, 0.2) is 0 Å². The molecule has 1 atom stereocenters. The van der Waals surface area contributed by atoms with Crippen LogP contribution in [0.25, 0.3) is 0 Å². The molecule has 1 unspecified atom stereocenters. The van der Waals surface area contributed by atoms with Crippen molar-refractivity contribution >= 4 is 12.0 Å². The number of carboxylic acids is 1. The van der Waals surface area contributed by atoms with Crippen molar-refractivity contribution in [3.05, 3.63) is 0 Å². The minimum atomic E-state index is -0.790. The highest BCUT2D eigenvalue weighted by Gasteiger charge is 2.20. The van der Waals surface area contributed by atoms with Gasteiger partial charge in [-0.1, -0.05) is 6.92 Å². The molecule has 1 aliphatic rings.